The van der Waals surface area contributed by atoms with Crippen LogP contribution in [0.3, 0.4) is 0 Å². The number of thiazole rings is 1. The monoisotopic (exact) mass is 403 g/mol. The van der Waals surface area contributed by atoms with E-state index in [1.807, 2.05) is 30.6 Å². The molecule has 1 aliphatic rings. The van der Waals surface area contributed by atoms with Crippen LogP contribution in [0.25, 0.3) is 21.8 Å². The largest absolute Gasteiger partial charge is 0.334 e. The van der Waals surface area contributed by atoms with Crippen molar-refractivity contribution in [2.75, 3.05) is 0 Å². The SMILES string of the molecule is Cn1ncc(-c2nccs2)c1C(=O)CC1CCn2cc(-c3ccccc3)nc2C1. The highest BCUT2D eigenvalue weighted by Gasteiger charge is 2.27. The van der Waals surface area contributed by atoms with Crippen LogP contribution in [0.2, 0.25) is 0 Å². The van der Waals surface area contributed by atoms with Crippen molar-refractivity contribution in [1.29, 1.82) is 0 Å². The van der Waals surface area contributed by atoms with Gasteiger partial charge in [0.2, 0.25) is 0 Å². The predicted octanol–water partition coefficient (Wildman–Crippen LogP) is 4.24. The number of benzene rings is 1. The zero-order valence-corrected chi connectivity index (χ0v) is 17.0. The van der Waals surface area contributed by atoms with Crippen LogP contribution in [-0.4, -0.2) is 30.1 Å². The first kappa shape index (κ1) is 18.0. The van der Waals surface area contributed by atoms with Crippen molar-refractivity contribution < 1.29 is 4.79 Å². The Bertz CT molecular complexity index is 1140. The van der Waals surface area contributed by atoms with Crippen LogP contribution in [-0.2, 0) is 20.0 Å². The van der Waals surface area contributed by atoms with E-state index in [-0.39, 0.29) is 5.78 Å². The highest BCUT2D eigenvalue weighted by Crippen LogP contribution is 2.30. The molecule has 4 aromatic rings. The summed E-state index contributed by atoms with van der Waals surface area (Å²) in [4.78, 5) is 22.3. The molecular weight excluding hydrogens is 382 g/mol. The van der Waals surface area contributed by atoms with Crippen LogP contribution in [0, 0.1) is 5.92 Å². The zero-order valence-electron chi connectivity index (χ0n) is 16.2. The van der Waals surface area contributed by atoms with E-state index in [4.69, 9.17) is 4.98 Å². The Morgan fingerprint density at radius 1 is 1.28 bits per heavy atom. The standard InChI is InChI=1S/C22H21N5OS/c1-26-21(17(13-24-26)22-23-8-10-29-22)19(28)11-15-7-9-27-14-18(25-20(27)12-15)16-5-3-2-4-6-16/h2-6,8,10,13-15H,7,9,11-12H2,1H3. The molecule has 4 heterocycles. The number of Topliss-reactive ketones (excluding diaryl/α,β-unsaturated/α-hetero) is 1. The maximum Gasteiger partial charge on any atom is 0.181 e. The molecule has 1 aliphatic heterocycles. The molecule has 6 nitrogen and oxygen atoms in total. The zero-order chi connectivity index (χ0) is 19.8. The topological polar surface area (TPSA) is 65.6 Å². The number of nitrogens with zero attached hydrogens (tertiary/aromatic N) is 5. The fraction of sp³-hybridized carbons (Fsp3) is 0.273. The maximum atomic E-state index is 13.1. The Morgan fingerprint density at radius 2 is 2.14 bits per heavy atom. The number of carbonyl (C=O) groups is 1. The Morgan fingerprint density at radius 3 is 2.93 bits per heavy atom. The van der Waals surface area contributed by atoms with E-state index < -0.39 is 0 Å². The van der Waals surface area contributed by atoms with Gasteiger partial charge in [-0.2, -0.15) is 5.10 Å². The second-order valence-electron chi connectivity index (χ2n) is 7.46. The van der Waals surface area contributed by atoms with E-state index in [0.29, 0.717) is 18.0 Å². The summed E-state index contributed by atoms with van der Waals surface area (Å²) in [7, 11) is 1.82. The van der Waals surface area contributed by atoms with E-state index in [1.165, 1.54) is 11.3 Å². The Balaban J connectivity index is 1.34. The average Bonchev–Trinajstić information content (AvgIpc) is 3.47. The van der Waals surface area contributed by atoms with Crippen molar-refractivity contribution in [3.8, 4) is 21.8 Å². The van der Waals surface area contributed by atoms with E-state index in [9.17, 15) is 4.79 Å². The van der Waals surface area contributed by atoms with Crippen LogP contribution in [0.1, 0.15) is 29.2 Å². The highest BCUT2D eigenvalue weighted by atomic mass is 32.1. The third-order valence-corrected chi connectivity index (χ3v) is 6.32. The molecule has 1 aromatic carbocycles. The molecule has 0 radical (unpaired) electrons. The molecule has 0 saturated heterocycles. The molecular formula is C22H21N5OS. The highest BCUT2D eigenvalue weighted by molar-refractivity contribution is 7.13. The molecule has 0 fully saturated rings. The van der Waals surface area contributed by atoms with Gasteiger partial charge in [0.1, 0.15) is 16.5 Å². The van der Waals surface area contributed by atoms with Crippen LogP contribution < -0.4 is 0 Å². The molecule has 146 valence electrons. The van der Waals surface area contributed by atoms with Crippen LogP contribution in [0.15, 0.2) is 54.3 Å². The van der Waals surface area contributed by atoms with Crippen molar-refractivity contribution in [2.24, 2.45) is 13.0 Å². The van der Waals surface area contributed by atoms with Crippen LogP contribution in [0.4, 0.5) is 0 Å². The van der Waals surface area contributed by atoms with Gasteiger partial charge in [-0.05, 0) is 12.3 Å². The van der Waals surface area contributed by atoms with Crippen LogP contribution in [0.5, 0.6) is 0 Å². The predicted molar refractivity (Wildman–Crippen MR) is 113 cm³/mol. The number of hydrogen-bond donors (Lipinski definition) is 0. The Kier molecular flexibility index (Phi) is 4.60. The summed E-state index contributed by atoms with van der Waals surface area (Å²) in [5, 5.41) is 7.07. The first-order valence-electron chi connectivity index (χ1n) is 9.75. The number of ketones is 1. The molecule has 0 N–H and O–H groups in total. The van der Waals surface area contributed by atoms with E-state index in [1.54, 1.807) is 17.1 Å². The third-order valence-electron chi connectivity index (χ3n) is 5.52. The van der Waals surface area contributed by atoms with Crippen molar-refractivity contribution in [1.82, 2.24) is 24.3 Å². The number of aryl methyl sites for hydroxylation is 2. The van der Waals surface area contributed by atoms with E-state index in [0.717, 1.165) is 47.0 Å². The van der Waals surface area contributed by atoms with Gasteiger partial charge in [-0.3, -0.25) is 9.48 Å². The molecule has 0 amide bonds. The van der Waals surface area contributed by atoms with Gasteiger partial charge in [0.05, 0.1) is 17.5 Å². The molecule has 1 atom stereocenters. The average molecular weight is 404 g/mol. The molecule has 29 heavy (non-hydrogen) atoms. The first-order valence-corrected chi connectivity index (χ1v) is 10.6. The van der Waals surface area contributed by atoms with Gasteiger partial charge in [-0.15, -0.1) is 11.3 Å². The van der Waals surface area contributed by atoms with Crippen molar-refractivity contribution in [3.63, 3.8) is 0 Å². The molecule has 0 saturated carbocycles. The molecule has 0 aliphatic carbocycles. The summed E-state index contributed by atoms with van der Waals surface area (Å²) in [5.74, 6) is 1.49. The second kappa shape index (κ2) is 7.40. The number of imidazole rings is 1. The van der Waals surface area contributed by atoms with Gasteiger partial charge in [-0.1, -0.05) is 30.3 Å². The van der Waals surface area contributed by atoms with Gasteiger partial charge < -0.3 is 4.57 Å². The third kappa shape index (κ3) is 3.42. The van der Waals surface area contributed by atoms with Crippen LogP contribution >= 0.6 is 11.3 Å². The molecule has 0 spiro atoms. The van der Waals surface area contributed by atoms with Gasteiger partial charge in [0, 0.05) is 49.8 Å². The smallest absolute Gasteiger partial charge is 0.181 e. The number of rotatable bonds is 5. The Hall–Kier alpha value is -3.06. The summed E-state index contributed by atoms with van der Waals surface area (Å²) >= 11 is 1.53. The van der Waals surface area contributed by atoms with Gasteiger partial charge in [0.15, 0.2) is 5.78 Å². The number of aromatic nitrogens is 5. The van der Waals surface area contributed by atoms with Gasteiger partial charge >= 0.3 is 0 Å². The molecule has 5 rings (SSSR count). The lowest BCUT2D eigenvalue weighted by Crippen LogP contribution is -2.22. The number of fused-ring (bicyclic) bond motifs is 1. The van der Waals surface area contributed by atoms with Crippen molar-refractivity contribution >= 4 is 17.1 Å². The number of hydrogen-bond acceptors (Lipinski definition) is 5. The van der Waals surface area contributed by atoms with Crippen molar-refractivity contribution in [2.45, 2.75) is 25.8 Å². The fourth-order valence-electron chi connectivity index (χ4n) is 4.05. The van der Waals surface area contributed by atoms with E-state index >= 15 is 0 Å². The lowest BCUT2D eigenvalue weighted by molar-refractivity contribution is 0.0945. The summed E-state index contributed by atoms with van der Waals surface area (Å²) < 4.78 is 3.91. The molecule has 0 bridgehead atoms. The van der Waals surface area contributed by atoms with Crippen molar-refractivity contribution in [3.05, 3.63) is 65.8 Å². The number of carbonyl (C=O) groups excluding carboxylic acids is 1. The minimum Gasteiger partial charge on any atom is -0.334 e. The first-order chi connectivity index (χ1) is 14.2. The maximum absolute atomic E-state index is 13.1. The fourth-order valence-corrected chi connectivity index (χ4v) is 4.70. The van der Waals surface area contributed by atoms with Gasteiger partial charge in [-0.25, -0.2) is 9.97 Å². The normalized spacial score (nSPS) is 16.0. The summed E-state index contributed by atoms with van der Waals surface area (Å²) in [6.45, 7) is 0.901. The molecule has 3 aromatic heterocycles. The lowest BCUT2D eigenvalue weighted by atomic mass is 9.91. The summed E-state index contributed by atoms with van der Waals surface area (Å²) in [6, 6.07) is 10.2. The Labute approximate surface area is 172 Å². The summed E-state index contributed by atoms with van der Waals surface area (Å²) in [6.07, 6.45) is 7.94. The quantitative estimate of drug-likeness (QED) is 0.468. The minimum atomic E-state index is 0.128. The lowest BCUT2D eigenvalue weighted by Gasteiger charge is -2.22. The summed E-state index contributed by atoms with van der Waals surface area (Å²) in [5.41, 5.74) is 3.62. The van der Waals surface area contributed by atoms with E-state index in [2.05, 4.69) is 33.0 Å². The second-order valence-corrected chi connectivity index (χ2v) is 8.35. The minimum absolute atomic E-state index is 0.128. The molecule has 7 heteroatoms. The molecule has 1 unspecified atom stereocenters. The van der Waals surface area contributed by atoms with Gasteiger partial charge in [0.25, 0.3) is 0 Å².